The average Bonchev–Trinajstić information content (AvgIpc) is 2.77. The third-order valence-corrected chi connectivity index (χ3v) is 4.99. The van der Waals surface area contributed by atoms with Crippen LogP contribution in [0.25, 0.3) is 0 Å². The Bertz CT molecular complexity index is 570. The molecule has 1 N–H and O–H groups in total. The van der Waals surface area contributed by atoms with Gasteiger partial charge in [0.1, 0.15) is 0 Å². The van der Waals surface area contributed by atoms with Gasteiger partial charge in [0.05, 0.1) is 0 Å². The maximum atomic E-state index is 12.2. The first-order valence-corrected chi connectivity index (χ1v) is 8.86. The van der Waals surface area contributed by atoms with Crippen molar-refractivity contribution in [3.63, 3.8) is 0 Å². The highest BCUT2D eigenvalue weighted by molar-refractivity contribution is 5.79. The maximum absolute atomic E-state index is 12.2. The number of likely N-dealkylation sites (tertiary alicyclic amines) is 1. The Balaban J connectivity index is 1.46. The molecule has 1 aromatic rings. The monoisotopic (exact) mass is 314 g/mol. The molecule has 0 aromatic heterocycles. The zero-order valence-corrected chi connectivity index (χ0v) is 13.7. The molecule has 1 fully saturated rings. The number of nitrogens with one attached hydrogen (secondary N) is 1. The van der Waals surface area contributed by atoms with Crippen molar-refractivity contribution in [1.82, 2.24) is 10.2 Å². The largest absolute Gasteiger partial charge is 0.353 e. The molecule has 0 bridgehead atoms. The lowest BCUT2D eigenvalue weighted by Gasteiger charge is -2.26. The van der Waals surface area contributed by atoms with Gasteiger partial charge in [0.25, 0.3) is 0 Å². The summed E-state index contributed by atoms with van der Waals surface area (Å²) in [4.78, 5) is 26.0. The molecule has 0 saturated carbocycles. The van der Waals surface area contributed by atoms with Crippen LogP contribution in [0.4, 0.5) is 0 Å². The lowest BCUT2D eigenvalue weighted by molar-refractivity contribution is -0.131. The number of rotatable bonds is 4. The van der Waals surface area contributed by atoms with E-state index in [1.54, 1.807) is 0 Å². The summed E-state index contributed by atoms with van der Waals surface area (Å²) in [7, 11) is 0. The highest BCUT2D eigenvalue weighted by Gasteiger charge is 2.21. The molecule has 1 heterocycles. The third-order valence-electron chi connectivity index (χ3n) is 4.99. The van der Waals surface area contributed by atoms with E-state index in [-0.39, 0.29) is 17.9 Å². The molecular weight excluding hydrogens is 288 g/mol. The molecular formula is C19H26N2O2. The molecule has 2 amide bonds. The van der Waals surface area contributed by atoms with Crippen molar-refractivity contribution in [3.8, 4) is 0 Å². The third kappa shape index (κ3) is 4.34. The lowest BCUT2D eigenvalue weighted by Crippen LogP contribution is -2.41. The summed E-state index contributed by atoms with van der Waals surface area (Å²) >= 11 is 0. The van der Waals surface area contributed by atoms with Crippen LogP contribution in [0, 0.1) is 0 Å². The van der Waals surface area contributed by atoms with Gasteiger partial charge in [-0.15, -0.1) is 0 Å². The number of benzene rings is 1. The van der Waals surface area contributed by atoms with E-state index in [9.17, 15) is 9.59 Å². The van der Waals surface area contributed by atoms with Crippen molar-refractivity contribution in [3.05, 3.63) is 35.4 Å². The highest BCUT2D eigenvalue weighted by atomic mass is 16.2. The number of carbonyl (C=O) groups excluding carboxylic acids is 2. The van der Waals surface area contributed by atoms with Crippen molar-refractivity contribution in [2.24, 2.45) is 0 Å². The summed E-state index contributed by atoms with van der Waals surface area (Å²) < 4.78 is 0. The number of carbonyl (C=O) groups is 2. The molecule has 0 radical (unpaired) electrons. The minimum Gasteiger partial charge on any atom is -0.353 e. The number of hydrogen-bond donors (Lipinski definition) is 1. The van der Waals surface area contributed by atoms with Crippen LogP contribution in [0.15, 0.2) is 24.3 Å². The Kier molecular flexibility index (Phi) is 5.31. The molecule has 2 aliphatic rings. The maximum Gasteiger partial charge on any atom is 0.222 e. The molecule has 4 nitrogen and oxygen atoms in total. The van der Waals surface area contributed by atoms with Crippen LogP contribution in [0.5, 0.6) is 0 Å². The summed E-state index contributed by atoms with van der Waals surface area (Å²) in [6.45, 7) is 1.37. The van der Waals surface area contributed by atoms with Gasteiger partial charge in [-0.05, 0) is 43.2 Å². The normalized spacial score (nSPS) is 21.5. The second-order valence-corrected chi connectivity index (χ2v) is 6.72. The number of nitrogens with zero attached hydrogens (tertiary/aromatic N) is 1. The first-order chi connectivity index (χ1) is 11.2. The smallest absolute Gasteiger partial charge is 0.222 e. The van der Waals surface area contributed by atoms with Crippen LogP contribution in [-0.4, -0.2) is 35.8 Å². The fraction of sp³-hybridized carbons (Fsp3) is 0.579. The highest BCUT2D eigenvalue weighted by Crippen LogP contribution is 2.21. The minimum atomic E-state index is 0.0754. The van der Waals surface area contributed by atoms with Crippen LogP contribution in [0.3, 0.4) is 0 Å². The average molecular weight is 314 g/mol. The van der Waals surface area contributed by atoms with Gasteiger partial charge in [-0.2, -0.15) is 0 Å². The van der Waals surface area contributed by atoms with E-state index >= 15 is 0 Å². The van der Waals surface area contributed by atoms with E-state index in [2.05, 4.69) is 29.6 Å². The van der Waals surface area contributed by atoms with Gasteiger partial charge in [0, 0.05) is 32.0 Å². The van der Waals surface area contributed by atoms with Crippen molar-refractivity contribution < 1.29 is 9.59 Å². The predicted octanol–water partition coefficient (Wildman–Crippen LogP) is 2.45. The van der Waals surface area contributed by atoms with Gasteiger partial charge in [-0.1, -0.05) is 30.7 Å². The number of aryl methyl sites for hydroxylation is 1. The van der Waals surface area contributed by atoms with Crippen molar-refractivity contribution >= 4 is 11.8 Å². The van der Waals surface area contributed by atoms with E-state index in [0.29, 0.717) is 19.4 Å². The zero-order chi connectivity index (χ0) is 16.1. The molecule has 1 aliphatic heterocycles. The summed E-state index contributed by atoms with van der Waals surface area (Å²) in [6, 6.07) is 8.71. The van der Waals surface area contributed by atoms with Crippen LogP contribution in [0.2, 0.25) is 0 Å². The molecule has 1 aromatic carbocycles. The van der Waals surface area contributed by atoms with Crippen molar-refractivity contribution in [2.75, 3.05) is 13.1 Å². The summed E-state index contributed by atoms with van der Waals surface area (Å²) in [5.41, 5.74) is 2.76. The van der Waals surface area contributed by atoms with Crippen LogP contribution >= 0.6 is 0 Å². The van der Waals surface area contributed by atoms with E-state index in [1.165, 1.54) is 11.1 Å². The minimum absolute atomic E-state index is 0.0754. The molecule has 124 valence electrons. The Labute approximate surface area is 138 Å². The van der Waals surface area contributed by atoms with Crippen LogP contribution in [-0.2, 0) is 22.4 Å². The molecule has 1 saturated heterocycles. The lowest BCUT2D eigenvalue weighted by atomic mass is 9.88. The predicted molar refractivity (Wildman–Crippen MR) is 90.1 cm³/mol. The van der Waals surface area contributed by atoms with Crippen molar-refractivity contribution in [2.45, 2.75) is 57.4 Å². The Morgan fingerprint density at radius 3 is 2.83 bits per heavy atom. The number of fused-ring (bicyclic) bond motifs is 1. The fourth-order valence-electron chi connectivity index (χ4n) is 3.63. The van der Waals surface area contributed by atoms with Gasteiger partial charge in [-0.3, -0.25) is 9.59 Å². The van der Waals surface area contributed by atoms with Gasteiger partial charge in [0.15, 0.2) is 0 Å². The first-order valence-electron chi connectivity index (χ1n) is 8.86. The van der Waals surface area contributed by atoms with Crippen LogP contribution < -0.4 is 5.32 Å². The SMILES string of the molecule is O=C(CCN1CCCCCC1=O)NC1CCc2ccccc2C1. The molecule has 3 rings (SSSR count). The second kappa shape index (κ2) is 7.62. The van der Waals surface area contributed by atoms with Gasteiger partial charge < -0.3 is 10.2 Å². The summed E-state index contributed by atoms with van der Waals surface area (Å²) in [5, 5.41) is 3.15. The standard InChI is InChI=1S/C19H26N2O2/c22-18(11-13-21-12-5-1-2-8-19(21)23)20-17-10-9-15-6-3-4-7-16(15)14-17/h3-4,6-7,17H,1-2,5,8-14H2,(H,20,22). The second-order valence-electron chi connectivity index (χ2n) is 6.72. The van der Waals surface area contributed by atoms with Gasteiger partial charge in [-0.25, -0.2) is 0 Å². The summed E-state index contributed by atoms with van der Waals surface area (Å²) in [6.07, 6.45) is 7.19. The molecule has 4 heteroatoms. The van der Waals surface area contributed by atoms with Crippen LogP contribution in [0.1, 0.15) is 49.7 Å². The molecule has 1 aliphatic carbocycles. The van der Waals surface area contributed by atoms with E-state index in [1.807, 2.05) is 4.90 Å². The topological polar surface area (TPSA) is 49.4 Å². The quantitative estimate of drug-likeness (QED) is 0.928. The van der Waals surface area contributed by atoms with E-state index < -0.39 is 0 Å². The van der Waals surface area contributed by atoms with Gasteiger partial charge >= 0.3 is 0 Å². The van der Waals surface area contributed by atoms with Crippen molar-refractivity contribution in [1.29, 1.82) is 0 Å². The Morgan fingerprint density at radius 2 is 1.96 bits per heavy atom. The Morgan fingerprint density at radius 1 is 1.13 bits per heavy atom. The van der Waals surface area contributed by atoms with E-state index in [4.69, 9.17) is 0 Å². The molecule has 0 spiro atoms. The first kappa shape index (κ1) is 16.0. The number of hydrogen-bond acceptors (Lipinski definition) is 2. The zero-order valence-electron chi connectivity index (χ0n) is 13.7. The fourth-order valence-corrected chi connectivity index (χ4v) is 3.63. The molecule has 1 atom stereocenters. The van der Waals surface area contributed by atoms with E-state index in [0.717, 1.165) is 45.1 Å². The molecule has 23 heavy (non-hydrogen) atoms. The summed E-state index contributed by atoms with van der Waals surface area (Å²) in [5.74, 6) is 0.285. The van der Waals surface area contributed by atoms with Gasteiger partial charge in [0.2, 0.25) is 11.8 Å². The number of amides is 2. The Hall–Kier alpha value is -1.84. The molecule has 1 unspecified atom stereocenters.